The molecule has 0 saturated heterocycles. The molecule has 2 rings (SSSR count). The van der Waals surface area contributed by atoms with Crippen molar-refractivity contribution >= 4 is 0 Å². The fourth-order valence-electron chi connectivity index (χ4n) is 2.01. The topological polar surface area (TPSA) is 0 Å². The van der Waals surface area contributed by atoms with Gasteiger partial charge in [0, 0.05) is 11.5 Å². The Morgan fingerprint density at radius 3 is 2.62 bits per heavy atom. The molecular weight excluding hydrogens is 192 g/mol. The first kappa shape index (κ1) is 11.0. The Labute approximate surface area is 98.4 Å². The van der Waals surface area contributed by atoms with Crippen molar-refractivity contribution in [3.63, 3.8) is 0 Å². The van der Waals surface area contributed by atoms with Gasteiger partial charge in [-0.25, -0.2) is 0 Å². The van der Waals surface area contributed by atoms with E-state index in [9.17, 15) is 0 Å². The average molecular weight is 210 g/mol. The highest BCUT2D eigenvalue weighted by Gasteiger charge is 2.05. The standard InChI is InChI=1S/C16H18/c1-2-5-9-15(10-6-3-1)13-14-16-11-7-4-8-12-16/h1-2,4,7-8,11-12,15H,3,5-6,9-10H2/b2-1-. The molecule has 0 amide bonds. The first-order valence-electron chi connectivity index (χ1n) is 6.17. The van der Waals surface area contributed by atoms with Crippen LogP contribution in [-0.4, -0.2) is 0 Å². The van der Waals surface area contributed by atoms with Crippen molar-refractivity contribution in [2.75, 3.05) is 0 Å². The van der Waals surface area contributed by atoms with Crippen molar-refractivity contribution in [3.8, 4) is 11.8 Å². The van der Waals surface area contributed by atoms with Crippen LogP contribution in [0.2, 0.25) is 0 Å². The fraction of sp³-hybridized carbons (Fsp3) is 0.375. The molecule has 0 saturated carbocycles. The van der Waals surface area contributed by atoms with Gasteiger partial charge in [0.1, 0.15) is 0 Å². The van der Waals surface area contributed by atoms with E-state index in [2.05, 4.69) is 36.1 Å². The van der Waals surface area contributed by atoms with E-state index in [1.165, 1.54) is 32.1 Å². The van der Waals surface area contributed by atoms with Gasteiger partial charge in [-0.3, -0.25) is 0 Å². The molecule has 0 heterocycles. The third kappa shape index (κ3) is 3.59. The van der Waals surface area contributed by atoms with E-state index in [0.717, 1.165) is 5.56 Å². The van der Waals surface area contributed by atoms with Crippen LogP contribution in [0.4, 0.5) is 0 Å². The molecule has 0 aliphatic heterocycles. The monoisotopic (exact) mass is 210 g/mol. The summed E-state index contributed by atoms with van der Waals surface area (Å²) in [7, 11) is 0. The minimum atomic E-state index is 0.588. The van der Waals surface area contributed by atoms with Gasteiger partial charge >= 0.3 is 0 Å². The largest absolute Gasteiger partial charge is 0.0945 e. The molecule has 0 aromatic heterocycles. The first-order chi connectivity index (χ1) is 7.95. The van der Waals surface area contributed by atoms with Crippen LogP contribution in [0.1, 0.15) is 37.7 Å². The molecule has 0 fully saturated rings. The molecule has 1 aromatic carbocycles. The first-order valence-corrected chi connectivity index (χ1v) is 6.17. The molecular formula is C16H18. The Morgan fingerprint density at radius 2 is 1.75 bits per heavy atom. The van der Waals surface area contributed by atoms with Gasteiger partial charge in [-0.15, -0.1) is 0 Å². The summed E-state index contributed by atoms with van der Waals surface area (Å²) in [6.07, 6.45) is 10.8. The van der Waals surface area contributed by atoms with Gasteiger partial charge in [0.25, 0.3) is 0 Å². The van der Waals surface area contributed by atoms with Crippen molar-refractivity contribution in [1.29, 1.82) is 0 Å². The van der Waals surface area contributed by atoms with Crippen LogP contribution in [0.5, 0.6) is 0 Å². The highest BCUT2D eigenvalue weighted by molar-refractivity contribution is 5.34. The lowest BCUT2D eigenvalue weighted by molar-refractivity contribution is 0.536. The van der Waals surface area contributed by atoms with Crippen LogP contribution in [-0.2, 0) is 0 Å². The second-order valence-corrected chi connectivity index (χ2v) is 4.31. The minimum absolute atomic E-state index is 0.588. The third-order valence-corrected chi connectivity index (χ3v) is 2.97. The van der Waals surface area contributed by atoms with Crippen LogP contribution >= 0.6 is 0 Å². The van der Waals surface area contributed by atoms with E-state index >= 15 is 0 Å². The van der Waals surface area contributed by atoms with Gasteiger partial charge in [-0.1, -0.05) is 42.2 Å². The average Bonchev–Trinajstić information content (AvgIpc) is 2.29. The number of benzene rings is 1. The Balaban J connectivity index is 1.98. The molecule has 1 aliphatic rings. The molecule has 0 heteroatoms. The van der Waals surface area contributed by atoms with Gasteiger partial charge in [0.2, 0.25) is 0 Å². The number of allylic oxidation sites excluding steroid dienone is 2. The Bertz CT molecular complexity index is 389. The van der Waals surface area contributed by atoms with Crippen molar-refractivity contribution in [3.05, 3.63) is 48.0 Å². The van der Waals surface area contributed by atoms with Crippen LogP contribution in [0.15, 0.2) is 42.5 Å². The molecule has 0 radical (unpaired) electrons. The zero-order valence-electron chi connectivity index (χ0n) is 9.65. The van der Waals surface area contributed by atoms with Gasteiger partial charge in [0.15, 0.2) is 0 Å². The van der Waals surface area contributed by atoms with Gasteiger partial charge in [0.05, 0.1) is 0 Å². The molecule has 0 nitrogen and oxygen atoms in total. The molecule has 1 unspecified atom stereocenters. The lowest BCUT2D eigenvalue weighted by Gasteiger charge is -2.10. The van der Waals surface area contributed by atoms with Crippen LogP contribution in [0.3, 0.4) is 0 Å². The van der Waals surface area contributed by atoms with E-state index in [0.29, 0.717) is 5.92 Å². The van der Waals surface area contributed by atoms with E-state index < -0.39 is 0 Å². The number of rotatable bonds is 0. The molecule has 0 bridgehead atoms. The zero-order chi connectivity index (χ0) is 11.1. The quantitative estimate of drug-likeness (QED) is 0.445. The Morgan fingerprint density at radius 1 is 0.938 bits per heavy atom. The summed E-state index contributed by atoms with van der Waals surface area (Å²) in [6, 6.07) is 10.3. The fourth-order valence-corrected chi connectivity index (χ4v) is 2.01. The Hall–Kier alpha value is -1.48. The van der Waals surface area contributed by atoms with Gasteiger partial charge in [-0.05, 0) is 44.2 Å². The lowest BCUT2D eigenvalue weighted by atomic mass is 9.94. The van der Waals surface area contributed by atoms with E-state index in [-0.39, 0.29) is 0 Å². The summed E-state index contributed by atoms with van der Waals surface area (Å²) in [5.41, 5.74) is 1.14. The molecule has 1 aliphatic carbocycles. The molecule has 16 heavy (non-hydrogen) atoms. The van der Waals surface area contributed by atoms with Crippen LogP contribution in [0.25, 0.3) is 0 Å². The molecule has 0 N–H and O–H groups in total. The van der Waals surface area contributed by atoms with E-state index in [4.69, 9.17) is 0 Å². The maximum absolute atomic E-state index is 3.42. The highest BCUT2D eigenvalue weighted by atomic mass is 14.1. The van der Waals surface area contributed by atoms with E-state index in [1.54, 1.807) is 0 Å². The van der Waals surface area contributed by atoms with Crippen molar-refractivity contribution in [1.82, 2.24) is 0 Å². The van der Waals surface area contributed by atoms with Crippen molar-refractivity contribution in [2.24, 2.45) is 5.92 Å². The van der Waals surface area contributed by atoms with Gasteiger partial charge < -0.3 is 0 Å². The Kier molecular flexibility index (Phi) is 4.26. The molecule has 1 atom stereocenters. The predicted molar refractivity (Wildman–Crippen MR) is 69.0 cm³/mol. The summed E-state index contributed by atoms with van der Waals surface area (Å²) < 4.78 is 0. The summed E-state index contributed by atoms with van der Waals surface area (Å²) in [5.74, 6) is 7.30. The second-order valence-electron chi connectivity index (χ2n) is 4.31. The molecule has 82 valence electrons. The number of hydrogen-bond acceptors (Lipinski definition) is 0. The minimum Gasteiger partial charge on any atom is -0.0945 e. The highest BCUT2D eigenvalue weighted by Crippen LogP contribution is 2.17. The maximum Gasteiger partial charge on any atom is 0.0245 e. The predicted octanol–water partition coefficient (Wildman–Crippen LogP) is 4.17. The second kappa shape index (κ2) is 6.18. The van der Waals surface area contributed by atoms with Gasteiger partial charge in [-0.2, -0.15) is 0 Å². The summed E-state index contributed by atoms with van der Waals surface area (Å²) >= 11 is 0. The summed E-state index contributed by atoms with van der Waals surface area (Å²) in [4.78, 5) is 0. The normalized spacial score (nSPS) is 22.4. The van der Waals surface area contributed by atoms with Crippen molar-refractivity contribution in [2.45, 2.75) is 32.1 Å². The summed E-state index contributed by atoms with van der Waals surface area (Å²) in [5, 5.41) is 0. The molecule has 1 aromatic rings. The molecule has 0 spiro atoms. The van der Waals surface area contributed by atoms with Crippen LogP contribution in [0, 0.1) is 17.8 Å². The van der Waals surface area contributed by atoms with E-state index in [1.807, 2.05) is 18.2 Å². The lowest BCUT2D eigenvalue weighted by Crippen LogP contribution is -1.98. The van der Waals surface area contributed by atoms with Crippen molar-refractivity contribution < 1.29 is 0 Å². The zero-order valence-corrected chi connectivity index (χ0v) is 9.65. The van der Waals surface area contributed by atoms with Crippen LogP contribution < -0.4 is 0 Å². The SMILES string of the molecule is C(#CC1CC/C=C\CCC1)c1ccccc1. The third-order valence-electron chi connectivity index (χ3n) is 2.97. The summed E-state index contributed by atoms with van der Waals surface area (Å²) in [6.45, 7) is 0. The maximum atomic E-state index is 3.42. The number of hydrogen-bond donors (Lipinski definition) is 0. The smallest absolute Gasteiger partial charge is 0.0245 e.